The van der Waals surface area contributed by atoms with Crippen LogP contribution in [-0.4, -0.2) is 22.5 Å². The molecule has 0 saturated carbocycles. The maximum atomic E-state index is 12.3. The zero-order valence-electron chi connectivity index (χ0n) is 12.1. The Morgan fingerprint density at radius 2 is 2.00 bits per heavy atom. The molecule has 0 aromatic carbocycles. The monoisotopic (exact) mass is 255 g/mol. The summed E-state index contributed by atoms with van der Waals surface area (Å²) < 4.78 is 14.3. The van der Waals surface area contributed by atoms with Crippen molar-refractivity contribution in [3.8, 4) is 0 Å². The molecule has 4 heteroatoms. The van der Waals surface area contributed by atoms with Crippen LogP contribution >= 0.6 is 0 Å². The fourth-order valence-corrected chi connectivity index (χ4v) is 2.17. The van der Waals surface area contributed by atoms with Gasteiger partial charge in [-0.25, -0.2) is 0 Å². The number of nitrogens with zero attached hydrogens (tertiary/aromatic N) is 2. The van der Waals surface area contributed by atoms with Crippen LogP contribution in [0.25, 0.3) is 0 Å². The van der Waals surface area contributed by atoms with E-state index in [0.717, 1.165) is 25.1 Å². The summed E-state index contributed by atoms with van der Waals surface area (Å²) in [6.45, 7) is 9.83. The molecule has 0 atom stereocenters. The number of nitrogens with one attached hydrogen (secondary N) is 1. The number of halogens is 1. The van der Waals surface area contributed by atoms with E-state index < -0.39 is 0 Å². The molecule has 0 aliphatic carbocycles. The molecule has 0 spiro atoms. The van der Waals surface area contributed by atoms with Crippen LogP contribution in [0.1, 0.15) is 51.1 Å². The van der Waals surface area contributed by atoms with Gasteiger partial charge in [0, 0.05) is 30.4 Å². The highest BCUT2D eigenvalue weighted by molar-refractivity contribution is 5.26. The molecule has 0 radical (unpaired) electrons. The summed E-state index contributed by atoms with van der Waals surface area (Å²) in [7, 11) is 0. The Labute approximate surface area is 110 Å². The maximum absolute atomic E-state index is 12.3. The van der Waals surface area contributed by atoms with Crippen molar-refractivity contribution in [1.82, 2.24) is 15.1 Å². The van der Waals surface area contributed by atoms with Crippen LogP contribution in [0.4, 0.5) is 4.39 Å². The minimum Gasteiger partial charge on any atom is -0.310 e. The molecule has 1 N–H and O–H groups in total. The average molecular weight is 255 g/mol. The molecule has 0 amide bonds. The summed E-state index contributed by atoms with van der Waals surface area (Å²) >= 11 is 0. The van der Waals surface area contributed by atoms with Crippen LogP contribution < -0.4 is 5.32 Å². The lowest BCUT2D eigenvalue weighted by atomic mass is 10.1. The Hall–Kier alpha value is -0.900. The van der Waals surface area contributed by atoms with Crippen molar-refractivity contribution < 1.29 is 4.39 Å². The highest BCUT2D eigenvalue weighted by atomic mass is 19.1. The highest BCUT2D eigenvalue weighted by Crippen LogP contribution is 2.17. The third-order valence-corrected chi connectivity index (χ3v) is 3.11. The van der Waals surface area contributed by atoms with Gasteiger partial charge in [0.2, 0.25) is 0 Å². The van der Waals surface area contributed by atoms with Crippen molar-refractivity contribution in [2.45, 2.75) is 66.1 Å². The molecular formula is C14H26FN3. The zero-order valence-corrected chi connectivity index (χ0v) is 12.1. The molecule has 0 unspecified atom stereocenters. The van der Waals surface area contributed by atoms with Crippen molar-refractivity contribution in [2.24, 2.45) is 0 Å². The van der Waals surface area contributed by atoms with Gasteiger partial charge < -0.3 is 5.32 Å². The van der Waals surface area contributed by atoms with Gasteiger partial charge in [-0.2, -0.15) is 5.10 Å². The third-order valence-electron chi connectivity index (χ3n) is 3.11. The van der Waals surface area contributed by atoms with Crippen LogP contribution in [0.3, 0.4) is 0 Å². The van der Waals surface area contributed by atoms with Gasteiger partial charge in [-0.15, -0.1) is 0 Å². The summed E-state index contributed by atoms with van der Waals surface area (Å²) in [6, 6.07) is 0.466. The van der Waals surface area contributed by atoms with Crippen molar-refractivity contribution in [3.05, 3.63) is 17.0 Å². The van der Waals surface area contributed by atoms with Gasteiger partial charge in [0.25, 0.3) is 0 Å². The molecule has 0 fully saturated rings. The van der Waals surface area contributed by atoms with Crippen LogP contribution in [0.5, 0.6) is 0 Å². The molecule has 3 nitrogen and oxygen atoms in total. The van der Waals surface area contributed by atoms with Crippen LogP contribution in [0.2, 0.25) is 0 Å². The van der Waals surface area contributed by atoms with Gasteiger partial charge in [0.15, 0.2) is 0 Å². The van der Waals surface area contributed by atoms with E-state index in [1.165, 1.54) is 11.3 Å². The fourth-order valence-electron chi connectivity index (χ4n) is 2.17. The molecular weight excluding hydrogens is 229 g/mol. The number of hydrogen-bond acceptors (Lipinski definition) is 2. The van der Waals surface area contributed by atoms with Crippen molar-refractivity contribution in [3.63, 3.8) is 0 Å². The van der Waals surface area contributed by atoms with Crippen molar-refractivity contribution in [1.29, 1.82) is 0 Å². The lowest BCUT2D eigenvalue weighted by Crippen LogP contribution is -2.23. The summed E-state index contributed by atoms with van der Waals surface area (Å²) in [5, 5.41) is 8.08. The molecule has 0 saturated heterocycles. The number of aryl methyl sites for hydroxylation is 2. The first-order valence-corrected chi connectivity index (χ1v) is 7.00. The smallest absolute Gasteiger partial charge is 0.0912 e. The van der Waals surface area contributed by atoms with E-state index in [1.54, 1.807) is 0 Å². The molecule has 1 heterocycles. The Kier molecular flexibility index (Phi) is 6.33. The molecule has 18 heavy (non-hydrogen) atoms. The van der Waals surface area contributed by atoms with Gasteiger partial charge in [0.05, 0.1) is 12.4 Å². The van der Waals surface area contributed by atoms with Gasteiger partial charge in [-0.1, -0.05) is 27.7 Å². The molecule has 104 valence electrons. The summed E-state index contributed by atoms with van der Waals surface area (Å²) in [6.07, 6.45) is 2.44. The number of alkyl halides is 1. The SMILES string of the molecule is CCc1nn(CCCF)c(CC)c1CNC(C)C. The maximum Gasteiger partial charge on any atom is 0.0912 e. The first-order chi connectivity index (χ1) is 8.63. The fraction of sp³-hybridized carbons (Fsp3) is 0.786. The molecule has 0 aliphatic rings. The quantitative estimate of drug-likeness (QED) is 0.774. The van der Waals surface area contributed by atoms with E-state index in [2.05, 4.69) is 38.1 Å². The standard InChI is InChI=1S/C14H26FN3/c1-5-13-12(10-16-11(3)4)14(6-2)18(17-13)9-7-8-15/h11,16H,5-10H2,1-4H3. The Morgan fingerprint density at radius 3 is 2.50 bits per heavy atom. The Bertz CT molecular complexity index is 358. The first-order valence-electron chi connectivity index (χ1n) is 7.00. The van der Waals surface area contributed by atoms with E-state index in [9.17, 15) is 4.39 Å². The second kappa shape index (κ2) is 7.52. The van der Waals surface area contributed by atoms with Crippen LogP contribution in [0.15, 0.2) is 0 Å². The molecule has 0 aliphatic heterocycles. The zero-order chi connectivity index (χ0) is 13.5. The van der Waals surface area contributed by atoms with Crippen LogP contribution in [-0.2, 0) is 25.9 Å². The lowest BCUT2D eigenvalue weighted by Gasteiger charge is -2.10. The van der Waals surface area contributed by atoms with Gasteiger partial charge in [-0.05, 0) is 19.3 Å². The van der Waals surface area contributed by atoms with Crippen molar-refractivity contribution in [2.75, 3.05) is 6.67 Å². The van der Waals surface area contributed by atoms with E-state index in [1.807, 2.05) is 4.68 Å². The highest BCUT2D eigenvalue weighted by Gasteiger charge is 2.15. The Balaban J connectivity index is 2.93. The lowest BCUT2D eigenvalue weighted by molar-refractivity contribution is 0.429. The number of hydrogen-bond donors (Lipinski definition) is 1. The van der Waals surface area contributed by atoms with E-state index >= 15 is 0 Å². The Morgan fingerprint density at radius 1 is 1.28 bits per heavy atom. The normalized spacial score (nSPS) is 11.4. The minimum atomic E-state index is -0.274. The van der Waals surface area contributed by atoms with E-state index in [-0.39, 0.29) is 6.67 Å². The predicted octanol–water partition coefficient (Wildman–Crippen LogP) is 2.87. The van der Waals surface area contributed by atoms with E-state index in [4.69, 9.17) is 0 Å². The molecule has 1 aromatic heterocycles. The van der Waals surface area contributed by atoms with Crippen LogP contribution in [0, 0.1) is 0 Å². The summed E-state index contributed by atoms with van der Waals surface area (Å²) in [5.74, 6) is 0. The molecule has 0 bridgehead atoms. The number of rotatable bonds is 8. The third kappa shape index (κ3) is 3.80. The number of aromatic nitrogens is 2. The second-order valence-electron chi connectivity index (χ2n) is 4.88. The van der Waals surface area contributed by atoms with Crippen molar-refractivity contribution >= 4 is 0 Å². The summed E-state index contributed by atoms with van der Waals surface area (Å²) in [5.41, 5.74) is 3.72. The first kappa shape index (κ1) is 15.2. The minimum absolute atomic E-state index is 0.274. The van der Waals surface area contributed by atoms with Gasteiger partial charge in [-0.3, -0.25) is 9.07 Å². The van der Waals surface area contributed by atoms with Gasteiger partial charge >= 0.3 is 0 Å². The topological polar surface area (TPSA) is 29.9 Å². The predicted molar refractivity (Wildman–Crippen MR) is 73.6 cm³/mol. The average Bonchev–Trinajstić information content (AvgIpc) is 2.70. The molecule has 1 rings (SSSR count). The molecule has 1 aromatic rings. The van der Waals surface area contributed by atoms with Gasteiger partial charge in [0.1, 0.15) is 0 Å². The van der Waals surface area contributed by atoms with E-state index in [0.29, 0.717) is 19.0 Å². The second-order valence-corrected chi connectivity index (χ2v) is 4.88. The summed E-state index contributed by atoms with van der Waals surface area (Å²) in [4.78, 5) is 0. The largest absolute Gasteiger partial charge is 0.310 e.